The summed E-state index contributed by atoms with van der Waals surface area (Å²) in [5, 5.41) is 34.0. The smallest absolute Gasteiger partial charge is 0.0627 e. The van der Waals surface area contributed by atoms with Gasteiger partial charge in [0.1, 0.15) is 0 Å². The number of rotatable bonds is 5. The van der Waals surface area contributed by atoms with Gasteiger partial charge in [-0.05, 0) is 0 Å². The Morgan fingerprint density at radius 2 is 1.15 bits per heavy atom. The van der Waals surface area contributed by atoms with Crippen LogP contribution in [0.3, 0.4) is 0 Å². The summed E-state index contributed by atoms with van der Waals surface area (Å²) in [7, 11) is 0. The van der Waals surface area contributed by atoms with Crippen LogP contribution >= 0.6 is 0 Å². The minimum Gasteiger partial charge on any atom is -0.396 e. The molecule has 1 radical (unpaired) electrons. The standard InChI is InChI=1S/C5H12O4.C4H9/c6-1-5(2-7,3-8)4-9;1-3-4-2/h6-9H,1-4H2;1,3-4H2,2H3. The van der Waals surface area contributed by atoms with Gasteiger partial charge in [0, 0.05) is 0 Å². The van der Waals surface area contributed by atoms with Crippen molar-refractivity contribution >= 4 is 0 Å². The second kappa shape index (κ2) is 9.92. The highest BCUT2D eigenvalue weighted by molar-refractivity contribution is 4.74. The Kier molecular flexibility index (Phi) is 11.7. The van der Waals surface area contributed by atoms with Crippen molar-refractivity contribution in [1.29, 1.82) is 0 Å². The van der Waals surface area contributed by atoms with Gasteiger partial charge >= 0.3 is 0 Å². The first-order valence-electron chi connectivity index (χ1n) is 4.39. The van der Waals surface area contributed by atoms with Crippen LogP contribution in [0.1, 0.15) is 19.8 Å². The molecule has 0 aliphatic rings. The van der Waals surface area contributed by atoms with Crippen molar-refractivity contribution in [1.82, 2.24) is 0 Å². The number of aliphatic hydroxyl groups excluding tert-OH is 4. The molecule has 4 N–H and O–H groups in total. The van der Waals surface area contributed by atoms with E-state index in [1.807, 2.05) is 0 Å². The van der Waals surface area contributed by atoms with Gasteiger partial charge in [-0.1, -0.05) is 26.7 Å². The second-order valence-electron chi connectivity index (χ2n) is 2.99. The van der Waals surface area contributed by atoms with Crippen molar-refractivity contribution < 1.29 is 20.4 Å². The second-order valence-corrected chi connectivity index (χ2v) is 2.99. The van der Waals surface area contributed by atoms with Crippen LogP contribution in [-0.4, -0.2) is 46.9 Å². The average molecular weight is 193 g/mol. The van der Waals surface area contributed by atoms with E-state index in [9.17, 15) is 0 Å². The molecule has 0 heterocycles. The lowest BCUT2D eigenvalue weighted by Gasteiger charge is -2.23. The highest BCUT2D eigenvalue weighted by atomic mass is 16.3. The van der Waals surface area contributed by atoms with Gasteiger partial charge in [-0.3, -0.25) is 0 Å². The molecule has 0 bridgehead atoms. The molecule has 0 fully saturated rings. The Labute approximate surface area is 79.8 Å². The molecular formula is C9H21O4. The van der Waals surface area contributed by atoms with Gasteiger partial charge in [0.25, 0.3) is 0 Å². The Hall–Kier alpha value is -0.160. The molecule has 13 heavy (non-hydrogen) atoms. The fourth-order valence-electron chi connectivity index (χ4n) is 0.300. The molecule has 0 aliphatic carbocycles. The number of hydrogen-bond acceptors (Lipinski definition) is 4. The molecular weight excluding hydrogens is 172 g/mol. The lowest BCUT2D eigenvalue weighted by Crippen LogP contribution is -2.37. The van der Waals surface area contributed by atoms with E-state index in [1.54, 1.807) is 0 Å². The molecule has 0 aromatic heterocycles. The zero-order valence-corrected chi connectivity index (χ0v) is 8.24. The van der Waals surface area contributed by atoms with Crippen LogP contribution in [0.25, 0.3) is 0 Å². The third kappa shape index (κ3) is 6.95. The van der Waals surface area contributed by atoms with E-state index in [0.29, 0.717) is 0 Å². The molecule has 4 nitrogen and oxygen atoms in total. The van der Waals surface area contributed by atoms with Crippen LogP contribution < -0.4 is 0 Å². The Morgan fingerprint density at radius 1 is 0.923 bits per heavy atom. The summed E-state index contributed by atoms with van der Waals surface area (Å²) >= 11 is 0. The number of aliphatic hydroxyl groups is 4. The lowest BCUT2D eigenvalue weighted by molar-refractivity contribution is -0.0328. The summed E-state index contributed by atoms with van der Waals surface area (Å²) in [6.45, 7) is 4.10. The van der Waals surface area contributed by atoms with Crippen LogP contribution in [0.4, 0.5) is 0 Å². The molecule has 81 valence electrons. The van der Waals surface area contributed by atoms with Crippen molar-refractivity contribution in [3.63, 3.8) is 0 Å². The summed E-state index contributed by atoms with van der Waals surface area (Å²) < 4.78 is 0. The van der Waals surface area contributed by atoms with Crippen LogP contribution in [0.2, 0.25) is 0 Å². The molecule has 0 unspecified atom stereocenters. The third-order valence-corrected chi connectivity index (χ3v) is 1.70. The average Bonchev–Trinajstić information content (AvgIpc) is 2.23. The van der Waals surface area contributed by atoms with Gasteiger partial charge in [-0.15, -0.1) is 0 Å². The molecule has 0 amide bonds. The van der Waals surface area contributed by atoms with Gasteiger partial charge < -0.3 is 20.4 Å². The van der Waals surface area contributed by atoms with Crippen LogP contribution in [0, 0.1) is 12.3 Å². The van der Waals surface area contributed by atoms with Crippen molar-refractivity contribution in [3.8, 4) is 0 Å². The van der Waals surface area contributed by atoms with E-state index in [0.717, 1.165) is 6.42 Å². The van der Waals surface area contributed by atoms with Crippen LogP contribution in [-0.2, 0) is 0 Å². The van der Waals surface area contributed by atoms with Crippen molar-refractivity contribution in [2.75, 3.05) is 26.4 Å². The van der Waals surface area contributed by atoms with E-state index in [-0.39, 0.29) is 0 Å². The number of unbranched alkanes of at least 4 members (excludes halogenated alkanes) is 1. The first-order valence-corrected chi connectivity index (χ1v) is 4.39. The fraction of sp³-hybridized carbons (Fsp3) is 0.889. The third-order valence-electron chi connectivity index (χ3n) is 1.70. The van der Waals surface area contributed by atoms with Crippen molar-refractivity contribution in [2.24, 2.45) is 5.41 Å². The molecule has 0 atom stereocenters. The van der Waals surface area contributed by atoms with Crippen molar-refractivity contribution in [2.45, 2.75) is 19.8 Å². The molecule has 0 saturated carbocycles. The first-order chi connectivity index (χ1) is 6.16. The zero-order chi connectivity index (χ0) is 10.7. The maximum Gasteiger partial charge on any atom is 0.0627 e. The molecule has 4 heteroatoms. The van der Waals surface area contributed by atoms with E-state index in [2.05, 4.69) is 13.8 Å². The summed E-state index contributed by atoms with van der Waals surface area (Å²) in [4.78, 5) is 0. The summed E-state index contributed by atoms with van der Waals surface area (Å²) in [6, 6.07) is 0. The summed E-state index contributed by atoms with van der Waals surface area (Å²) in [5.74, 6) is 0. The minimum atomic E-state index is -1.11. The summed E-state index contributed by atoms with van der Waals surface area (Å²) in [6.07, 6.45) is 2.28. The van der Waals surface area contributed by atoms with Gasteiger partial charge in [0.15, 0.2) is 0 Å². The van der Waals surface area contributed by atoms with E-state index < -0.39 is 31.8 Å². The minimum absolute atomic E-state index is 0.406. The van der Waals surface area contributed by atoms with Crippen molar-refractivity contribution in [3.05, 3.63) is 6.92 Å². The quantitative estimate of drug-likeness (QED) is 0.477. The fourth-order valence-corrected chi connectivity index (χ4v) is 0.300. The largest absolute Gasteiger partial charge is 0.396 e. The Morgan fingerprint density at radius 3 is 1.15 bits per heavy atom. The van der Waals surface area contributed by atoms with Gasteiger partial charge in [-0.2, -0.15) is 0 Å². The van der Waals surface area contributed by atoms with E-state index in [1.165, 1.54) is 6.42 Å². The summed E-state index contributed by atoms with van der Waals surface area (Å²) in [5.41, 5.74) is -1.11. The van der Waals surface area contributed by atoms with Crippen LogP contribution in [0.15, 0.2) is 0 Å². The highest BCUT2D eigenvalue weighted by Crippen LogP contribution is 2.11. The monoisotopic (exact) mass is 193 g/mol. The predicted octanol–water partition coefficient (Wildman–Crippen LogP) is -0.437. The molecule has 0 aromatic rings. The molecule has 0 aliphatic heterocycles. The molecule has 0 rings (SSSR count). The predicted molar refractivity (Wildman–Crippen MR) is 51.0 cm³/mol. The first kappa shape index (κ1) is 15.3. The van der Waals surface area contributed by atoms with Crippen LogP contribution in [0.5, 0.6) is 0 Å². The Bertz CT molecular complexity index is 72.1. The zero-order valence-electron chi connectivity index (χ0n) is 8.24. The maximum absolute atomic E-state index is 8.50. The SMILES string of the molecule is OCC(CO)(CO)CO.[CH2]CCC. The van der Waals surface area contributed by atoms with E-state index >= 15 is 0 Å². The number of hydrogen-bond donors (Lipinski definition) is 4. The van der Waals surface area contributed by atoms with Gasteiger partial charge in [-0.25, -0.2) is 0 Å². The van der Waals surface area contributed by atoms with Gasteiger partial charge in [0.05, 0.1) is 31.8 Å². The maximum atomic E-state index is 8.50. The molecule has 0 aromatic carbocycles. The van der Waals surface area contributed by atoms with E-state index in [4.69, 9.17) is 20.4 Å². The topological polar surface area (TPSA) is 80.9 Å². The lowest BCUT2D eigenvalue weighted by atomic mass is 9.93. The normalized spacial score (nSPS) is 10.6. The highest BCUT2D eigenvalue weighted by Gasteiger charge is 2.26. The molecule has 0 spiro atoms. The molecule has 0 saturated heterocycles. The van der Waals surface area contributed by atoms with Gasteiger partial charge in [0.2, 0.25) is 0 Å². The Balaban J connectivity index is 0.